The molecule has 16 heteroatoms. The highest BCUT2D eigenvalue weighted by atomic mass is 35.5. The zero-order chi connectivity index (χ0) is 39.4. The fourth-order valence-corrected chi connectivity index (χ4v) is 8.92. The second-order valence-corrected chi connectivity index (χ2v) is 17.1. The number of nitrogens with zero attached hydrogens (tertiary/aromatic N) is 3. The zero-order valence-electron chi connectivity index (χ0n) is 31.4. The van der Waals surface area contributed by atoms with Crippen molar-refractivity contribution in [1.29, 1.82) is 0 Å². The minimum Gasteiger partial charge on any atom is -0.487 e. The number of alkyl halides is 2. The molecule has 2 aromatic carbocycles. The van der Waals surface area contributed by atoms with Gasteiger partial charge >= 0.3 is 10.2 Å². The number of fused-ring (bicyclic) bond motifs is 3. The molecule has 4 atom stereocenters. The number of aliphatic hydroxyl groups is 1. The lowest BCUT2D eigenvalue weighted by Crippen LogP contribution is -2.57. The summed E-state index contributed by atoms with van der Waals surface area (Å²) in [5.41, 5.74) is 0.153. The van der Waals surface area contributed by atoms with Crippen LogP contribution in [0.5, 0.6) is 5.75 Å². The van der Waals surface area contributed by atoms with Crippen molar-refractivity contribution in [3.05, 3.63) is 70.3 Å². The number of nitrogens with one attached hydrogen (secondary N) is 2. The average molecular weight is 808 g/mol. The number of benzene rings is 2. The van der Waals surface area contributed by atoms with Gasteiger partial charge in [0.15, 0.2) is 5.60 Å². The molecule has 0 unspecified atom stereocenters. The van der Waals surface area contributed by atoms with Gasteiger partial charge in [0, 0.05) is 44.8 Å². The maximum atomic E-state index is 13.8. The number of carbonyl (C=O) groups is 2. The van der Waals surface area contributed by atoms with E-state index in [1.165, 1.54) is 11.0 Å². The van der Waals surface area contributed by atoms with Gasteiger partial charge in [0.25, 0.3) is 11.8 Å². The number of rotatable bonds is 8. The minimum atomic E-state index is -4.34. The van der Waals surface area contributed by atoms with Crippen molar-refractivity contribution < 1.29 is 41.4 Å². The first-order valence-electron chi connectivity index (χ1n) is 19.1. The molecule has 1 saturated carbocycles. The summed E-state index contributed by atoms with van der Waals surface area (Å²) in [6.45, 7) is 3.44. The van der Waals surface area contributed by atoms with Crippen LogP contribution in [-0.2, 0) is 43.2 Å². The standard InChI is InChI=1S/C39H52ClF2N5O7S/c1-3-43-55(51,52)44-37(49)39(50)22-36(48)45(2)16-6-5-9-34(53-19-18-46-25-38(41,42)26-46)32-14-11-28(32)23-47-17-7-4-8-27-20-31(40)13-10-29(27)24-54-35-15-12-30(39)21-33(35)47/h5,9-10,12-13,15,20-21,28,32,34,43,50H,3-4,6-8,11,14,16-19,22-26H2,1-2H3,(H,44,49)/b9-5+/t28-,32+,34-,39+/m0/s1. The van der Waals surface area contributed by atoms with Crippen LogP contribution in [0.3, 0.4) is 0 Å². The minimum absolute atomic E-state index is 0.00211. The predicted octanol–water partition coefficient (Wildman–Crippen LogP) is 4.39. The first-order chi connectivity index (χ1) is 26.2. The summed E-state index contributed by atoms with van der Waals surface area (Å²) in [6.07, 6.45) is 7.70. The Morgan fingerprint density at radius 1 is 1.11 bits per heavy atom. The Bertz CT molecular complexity index is 1840. The van der Waals surface area contributed by atoms with Gasteiger partial charge in [-0.1, -0.05) is 42.8 Å². The molecule has 55 heavy (non-hydrogen) atoms. The van der Waals surface area contributed by atoms with Crippen LogP contribution in [0.15, 0.2) is 48.6 Å². The highest BCUT2D eigenvalue weighted by Crippen LogP contribution is 2.43. The van der Waals surface area contributed by atoms with Gasteiger partial charge in [-0.05, 0) is 91.3 Å². The summed E-state index contributed by atoms with van der Waals surface area (Å²) in [4.78, 5) is 32.8. The fraction of sp³-hybridized carbons (Fsp3) is 0.590. The molecule has 4 aliphatic rings. The molecule has 2 fully saturated rings. The van der Waals surface area contributed by atoms with Gasteiger partial charge in [0.2, 0.25) is 5.91 Å². The largest absolute Gasteiger partial charge is 0.487 e. The highest BCUT2D eigenvalue weighted by Gasteiger charge is 2.45. The van der Waals surface area contributed by atoms with E-state index in [0.717, 1.165) is 43.2 Å². The Hall–Kier alpha value is -3.34. The number of halogens is 3. The number of hydrogen-bond donors (Lipinski definition) is 3. The Balaban J connectivity index is 1.37. The Labute approximate surface area is 327 Å². The summed E-state index contributed by atoms with van der Waals surface area (Å²) in [5.74, 6) is -3.66. The third-order valence-corrected chi connectivity index (χ3v) is 12.5. The molecule has 1 saturated heterocycles. The topological polar surface area (TPSA) is 141 Å². The van der Waals surface area contributed by atoms with Gasteiger partial charge in [-0.2, -0.15) is 13.1 Å². The number of amides is 2. The summed E-state index contributed by atoms with van der Waals surface area (Å²) < 4.78 is 69.4. The van der Waals surface area contributed by atoms with Gasteiger partial charge in [-0.25, -0.2) is 13.5 Å². The molecule has 3 heterocycles. The lowest BCUT2D eigenvalue weighted by atomic mass is 9.70. The smallest absolute Gasteiger partial charge is 0.301 e. The van der Waals surface area contributed by atoms with Crippen LogP contribution in [-0.4, -0.2) is 107 Å². The van der Waals surface area contributed by atoms with Crippen molar-refractivity contribution in [2.75, 3.05) is 64.4 Å². The molecule has 3 N–H and O–H groups in total. The van der Waals surface area contributed by atoms with Crippen molar-refractivity contribution in [3.8, 4) is 5.75 Å². The van der Waals surface area contributed by atoms with Crippen molar-refractivity contribution in [3.63, 3.8) is 0 Å². The van der Waals surface area contributed by atoms with Crippen molar-refractivity contribution in [1.82, 2.24) is 19.2 Å². The van der Waals surface area contributed by atoms with E-state index in [1.54, 1.807) is 31.0 Å². The van der Waals surface area contributed by atoms with E-state index in [-0.39, 0.29) is 56.3 Å². The van der Waals surface area contributed by atoms with Crippen LogP contribution in [0, 0.1) is 11.8 Å². The quantitative estimate of drug-likeness (QED) is 0.332. The van der Waals surface area contributed by atoms with E-state index in [9.17, 15) is 31.9 Å². The average Bonchev–Trinajstić information content (AvgIpc) is 3.13. The van der Waals surface area contributed by atoms with Crippen LogP contribution in [0.25, 0.3) is 0 Å². The molecule has 2 bridgehead atoms. The third kappa shape index (κ3) is 10.2. The maximum Gasteiger partial charge on any atom is 0.301 e. The number of ether oxygens (including phenoxy) is 2. The summed E-state index contributed by atoms with van der Waals surface area (Å²) >= 11 is 6.37. The van der Waals surface area contributed by atoms with Gasteiger partial charge < -0.3 is 24.4 Å². The first kappa shape index (κ1) is 41.3. The van der Waals surface area contributed by atoms with Crippen LogP contribution in [0.1, 0.15) is 62.1 Å². The number of aryl methyl sites for hydroxylation is 1. The van der Waals surface area contributed by atoms with E-state index in [4.69, 9.17) is 21.1 Å². The molecule has 0 radical (unpaired) electrons. The molecule has 2 aromatic rings. The predicted molar refractivity (Wildman–Crippen MR) is 205 cm³/mol. The zero-order valence-corrected chi connectivity index (χ0v) is 33.0. The van der Waals surface area contributed by atoms with E-state index in [2.05, 4.69) is 9.62 Å². The van der Waals surface area contributed by atoms with Crippen molar-refractivity contribution in [2.45, 2.75) is 76.1 Å². The molecule has 2 amide bonds. The third-order valence-electron chi connectivity index (χ3n) is 11.2. The summed E-state index contributed by atoms with van der Waals surface area (Å²) in [7, 11) is -2.78. The van der Waals surface area contributed by atoms with Crippen LogP contribution in [0.4, 0.5) is 14.5 Å². The second kappa shape index (κ2) is 17.4. The molecule has 3 aliphatic heterocycles. The molecule has 6 rings (SSSR count). The lowest BCUT2D eigenvalue weighted by molar-refractivity contribution is -0.148. The molecule has 12 nitrogen and oxygen atoms in total. The molecule has 1 aliphatic carbocycles. The first-order valence-corrected chi connectivity index (χ1v) is 21.0. The monoisotopic (exact) mass is 807 g/mol. The Morgan fingerprint density at radius 2 is 1.91 bits per heavy atom. The SMILES string of the molecule is CCNS(=O)(=O)NC(=O)[C@@]1(O)CC(=O)N(C)CC/C=C/[C@H](OCCN2CC(F)(F)C2)[C@@H]2CC[C@H]2CN2CCCCc3cc(Cl)ccc3COc3ccc1cc32. The van der Waals surface area contributed by atoms with E-state index in [0.29, 0.717) is 49.1 Å². The highest BCUT2D eigenvalue weighted by molar-refractivity contribution is 7.88. The van der Waals surface area contributed by atoms with Gasteiger partial charge in [-0.3, -0.25) is 14.5 Å². The van der Waals surface area contributed by atoms with Crippen molar-refractivity contribution in [2.24, 2.45) is 11.8 Å². The molecular weight excluding hydrogens is 756 g/mol. The number of anilines is 1. The van der Waals surface area contributed by atoms with Crippen LogP contribution in [0.2, 0.25) is 5.02 Å². The van der Waals surface area contributed by atoms with Crippen LogP contribution >= 0.6 is 11.6 Å². The van der Waals surface area contributed by atoms with Gasteiger partial charge in [0.05, 0.1) is 37.9 Å². The number of likely N-dealkylation sites (tertiary alicyclic amines) is 1. The number of carbonyl (C=O) groups excluding carboxylic acids is 2. The van der Waals surface area contributed by atoms with E-state index >= 15 is 0 Å². The maximum absolute atomic E-state index is 13.8. The van der Waals surface area contributed by atoms with Gasteiger partial charge in [0.1, 0.15) is 12.4 Å². The summed E-state index contributed by atoms with van der Waals surface area (Å²) in [5, 5.41) is 12.9. The normalized spacial score (nSPS) is 26.9. The van der Waals surface area contributed by atoms with Crippen molar-refractivity contribution >= 4 is 39.3 Å². The lowest BCUT2D eigenvalue weighted by Gasteiger charge is -2.44. The van der Waals surface area contributed by atoms with Gasteiger partial charge in [-0.15, -0.1) is 0 Å². The number of hydrogen-bond acceptors (Lipinski definition) is 9. The fourth-order valence-electron chi connectivity index (χ4n) is 7.86. The van der Waals surface area contributed by atoms with E-state index < -0.39 is 40.0 Å². The molecule has 0 aromatic heterocycles. The van der Waals surface area contributed by atoms with E-state index in [1.807, 2.05) is 35.1 Å². The van der Waals surface area contributed by atoms with Crippen LogP contribution < -0.4 is 19.1 Å². The Kier molecular flexibility index (Phi) is 13.1. The second-order valence-electron chi connectivity index (χ2n) is 15.2. The molecule has 0 spiro atoms. The molecule has 302 valence electrons. The Morgan fingerprint density at radius 3 is 2.64 bits per heavy atom. The molecular formula is C39H52ClF2N5O7S. The summed E-state index contributed by atoms with van der Waals surface area (Å²) in [6, 6.07) is 10.5.